The number of para-hydroxylation sites is 1. The molecule has 3 rings (SSSR count). The molecule has 0 saturated heterocycles. The van der Waals surface area contributed by atoms with E-state index < -0.39 is 0 Å². The second kappa shape index (κ2) is 7.30. The number of fused-ring (bicyclic) bond motifs is 1. The van der Waals surface area contributed by atoms with E-state index in [1.54, 1.807) is 7.11 Å². The highest BCUT2D eigenvalue weighted by molar-refractivity contribution is 6.32. The fourth-order valence-corrected chi connectivity index (χ4v) is 3.11. The van der Waals surface area contributed by atoms with E-state index in [-0.39, 0.29) is 5.63 Å². The van der Waals surface area contributed by atoms with Gasteiger partial charge >= 0.3 is 5.63 Å². The van der Waals surface area contributed by atoms with E-state index in [1.165, 1.54) is 6.07 Å². The molecule has 0 amide bonds. The maximum atomic E-state index is 11.9. The van der Waals surface area contributed by atoms with Crippen LogP contribution in [0.1, 0.15) is 16.7 Å². The zero-order valence-corrected chi connectivity index (χ0v) is 15.3. The predicted molar refractivity (Wildman–Crippen MR) is 100 cm³/mol. The number of ether oxygens (including phenoxy) is 1. The van der Waals surface area contributed by atoms with Crippen LogP contribution in [0.15, 0.2) is 51.7 Å². The first-order valence-corrected chi connectivity index (χ1v) is 8.39. The van der Waals surface area contributed by atoms with Crippen molar-refractivity contribution in [3.63, 3.8) is 0 Å². The summed E-state index contributed by atoms with van der Waals surface area (Å²) in [5.74, 6) is 0.852. The van der Waals surface area contributed by atoms with Crippen molar-refractivity contribution in [1.82, 2.24) is 4.90 Å². The molecule has 1 aromatic heterocycles. The summed E-state index contributed by atoms with van der Waals surface area (Å²) in [4.78, 5) is 14.0. The van der Waals surface area contributed by atoms with Crippen LogP contribution in [0, 0.1) is 6.92 Å². The van der Waals surface area contributed by atoms with Crippen molar-refractivity contribution in [2.24, 2.45) is 0 Å². The zero-order chi connectivity index (χ0) is 18.0. The lowest BCUT2D eigenvalue weighted by molar-refractivity contribution is 0.310. The van der Waals surface area contributed by atoms with E-state index in [4.69, 9.17) is 20.8 Å². The first kappa shape index (κ1) is 17.5. The van der Waals surface area contributed by atoms with E-state index in [0.717, 1.165) is 27.8 Å². The smallest absolute Gasteiger partial charge is 0.336 e. The Bertz CT molecular complexity index is 965. The quantitative estimate of drug-likeness (QED) is 0.635. The van der Waals surface area contributed by atoms with Crippen LogP contribution >= 0.6 is 11.6 Å². The average Bonchev–Trinajstić information content (AvgIpc) is 2.57. The molecule has 3 aromatic rings. The minimum absolute atomic E-state index is 0.352. The Morgan fingerprint density at radius 1 is 1.12 bits per heavy atom. The summed E-state index contributed by atoms with van der Waals surface area (Å²) in [5, 5.41) is 1.53. The highest BCUT2D eigenvalue weighted by Gasteiger charge is 2.12. The van der Waals surface area contributed by atoms with Gasteiger partial charge in [-0.3, -0.25) is 4.90 Å². The minimum Gasteiger partial charge on any atom is -0.496 e. The van der Waals surface area contributed by atoms with Gasteiger partial charge in [-0.1, -0.05) is 29.8 Å². The summed E-state index contributed by atoms with van der Waals surface area (Å²) in [6.07, 6.45) is 0. The van der Waals surface area contributed by atoms with Crippen LogP contribution in [-0.4, -0.2) is 19.1 Å². The van der Waals surface area contributed by atoms with Crippen molar-refractivity contribution >= 4 is 22.6 Å². The Kier molecular flexibility index (Phi) is 5.11. The number of nitrogens with zero attached hydrogens (tertiary/aromatic N) is 1. The number of benzene rings is 2. The lowest BCUT2D eigenvalue weighted by Gasteiger charge is -2.19. The van der Waals surface area contributed by atoms with Gasteiger partial charge < -0.3 is 9.15 Å². The van der Waals surface area contributed by atoms with Crippen molar-refractivity contribution in [1.29, 1.82) is 0 Å². The molecule has 0 spiro atoms. The molecule has 4 nitrogen and oxygen atoms in total. The van der Waals surface area contributed by atoms with E-state index in [2.05, 4.69) is 4.90 Å². The third-order valence-electron chi connectivity index (χ3n) is 4.18. The number of hydrogen-bond acceptors (Lipinski definition) is 4. The van der Waals surface area contributed by atoms with Gasteiger partial charge in [-0.15, -0.1) is 0 Å². The Labute approximate surface area is 151 Å². The Hall–Kier alpha value is -2.30. The number of hydrogen-bond donors (Lipinski definition) is 0. The highest BCUT2D eigenvalue weighted by Crippen LogP contribution is 2.26. The first-order valence-electron chi connectivity index (χ1n) is 8.01. The monoisotopic (exact) mass is 357 g/mol. The number of rotatable bonds is 5. The van der Waals surface area contributed by atoms with Crippen LogP contribution in [0.5, 0.6) is 5.75 Å². The third kappa shape index (κ3) is 3.86. The molecule has 130 valence electrons. The Morgan fingerprint density at radius 2 is 1.84 bits per heavy atom. The standard InChI is InChI=1S/C20H20ClNO3/c1-13-8-19-16(10-17(13)21)15(9-20(23)25-19)12-22(2)11-14-6-4-5-7-18(14)24-3/h4-10H,11-12H2,1-3H3. The van der Waals surface area contributed by atoms with Crippen molar-refractivity contribution in [2.75, 3.05) is 14.2 Å². The largest absolute Gasteiger partial charge is 0.496 e. The van der Waals surface area contributed by atoms with E-state index in [0.29, 0.717) is 23.7 Å². The summed E-state index contributed by atoms with van der Waals surface area (Å²) in [5.41, 5.74) is 3.08. The molecule has 0 bridgehead atoms. The molecule has 25 heavy (non-hydrogen) atoms. The van der Waals surface area contributed by atoms with Gasteiger partial charge in [0.25, 0.3) is 0 Å². The maximum absolute atomic E-state index is 11.9. The molecule has 1 heterocycles. The van der Waals surface area contributed by atoms with Gasteiger partial charge in [-0.25, -0.2) is 4.79 Å². The molecule has 0 aliphatic carbocycles. The van der Waals surface area contributed by atoms with Gasteiger partial charge in [0.2, 0.25) is 0 Å². The average molecular weight is 358 g/mol. The summed E-state index contributed by atoms with van der Waals surface area (Å²) >= 11 is 6.26. The van der Waals surface area contributed by atoms with Crippen LogP contribution < -0.4 is 10.4 Å². The molecule has 0 unspecified atom stereocenters. The molecule has 0 radical (unpaired) electrons. The number of aryl methyl sites for hydroxylation is 1. The molecular weight excluding hydrogens is 338 g/mol. The Balaban J connectivity index is 1.92. The van der Waals surface area contributed by atoms with E-state index in [1.807, 2.05) is 50.4 Å². The second-order valence-electron chi connectivity index (χ2n) is 6.17. The number of methoxy groups -OCH3 is 1. The van der Waals surface area contributed by atoms with Crippen molar-refractivity contribution in [2.45, 2.75) is 20.0 Å². The van der Waals surface area contributed by atoms with Gasteiger partial charge in [0.15, 0.2) is 0 Å². The van der Waals surface area contributed by atoms with Crippen LogP contribution in [0.4, 0.5) is 0 Å². The molecule has 2 aromatic carbocycles. The molecule has 0 N–H and O–H groups in total. The van der Waals surface area contributed by atoms with Crippen LogP contribution in [0.2, 0.25) is 5.02 Å². The molecule has 0 aliphatic rings. The summed E-state index contributed by atoms with van der Waals surface area (Å²) < 4.78 is 10.7. The fourth-order valence-electron chi connectivity index (χ4n) is 2.95. The third-order valence-corrected chi connectivity index (χ3v) is 4.59. The zero-order valence-electron chi connectivity index (χ0n) is 14.5. The highest BCUT2D eigenvalue weighted by atomic mass is 35.5. The SMILES string of the molecule is COc1ccccc1CN(C)Cc1cc(=O)oc2cc(C)c(Cl)cc12. The van der Waals surface area contributed by atoms with Gasteiger partial charge in [0, 0.05) is 35.1 Å². The van der Waals surface area contributed by atoms with Gasteiger partial charge in [0.1, 0.15) is 11.3 Å². The van der Waals surface area contributed by atoms with E-state index >= 15 is 0 Å². The minimum atomic E-state index is -0.352. The maximum Gasteiger partial charge on any atom is 0.336 e. The number of halogens is 1. The van der Waals surface area contributed by atoms with Crippen molar-refractivity contribution < 1.29 is 9.15 Å². The van der Waals surface area contributed by atoms with Crippen molar-refractivity contribution in [3.05, 3.63) is 74.6 Å². The molecule has 5 heteroatoms. The van der Waals surface area contributed by atoms with Crippen LogP contribution in [-0.2, 0) is 13.1 Å². The normalized spacial score (nSPS) is 11.2. The summed E-state index contributed by atoms with van der Waals surface area (Å²) in [7, 11) is 3.67. The lowest BCUT2D eigenvalue weighted by atomic mass is 10.1. The second-order valence-corrected chi connectivity index (χ2v) is 6.58. The molecule has 0 aliphatic heterocycles. The van der Waals surface area contributed by atoms with Crippen LogP contribution in [0.3, 0.4) is 0 Å². The first-order chi connectivity index (χ1) is 12.0. The van der Waals surface area contributed by atoms with Gasteiger partial charge in [-0.2, -0.15) is 0 Å². The fraction of sp³-hybridized carbons (Fsp3) is 0.250. The van der Waals surface area contributed by atoms with Crippen LogP contribution in [0.25, 0.3) is 11.0 Å². The molecule has 0 saturated carbocycles. The predicted octanol–water partition coefficient (Wildman–Crippen LogP) is 4.40. The Morgan fingerprint density at radius 3 is 2.60 bits per heavy atom. The molecular formula is C20H20ClNO3. The van der Waals surface area contributed by atoms with Gasteiger partial charge in [-0.05, 0) is 43.3 Å². The van der Waals surface area contributed by atoms with E-state index in [9.17, 15) is 4.79 Å². The molecule has 0 fully saturated rings. The lowest BCUT2D eigenvalue weighted by Crippen LogP contribution is -2.19. The molecule has 0 atom stereocenters. The summed E-state index contributed by atoms with van der Waals surface area (Å²) in [6, 6.07) is 13.1. The van der Waals surface area contributed by atoms with Crippen molar-refractivity contribution in [3.8, 4) is 5.75 Å². The summed E-state index contributed by atoms with van der Waals surface area (Å²) in [6.45, 7) is 3.19. The van der Waals surface area contributed by atoms with Gasteiger partial charge in [0.05, 0.1) is 7.11 Å². The topological polar surface area (TPSA) is 42.7 Å².